The van der Waals surface area contributed by atoms with Crippen molar-refractivity contribution < 1.29 is 0 Å². The highest BCUT2D eigenvalue weighted by Gasteiger charge is 2.26. The highest BCUT2D eigenvalue weighted by molar-refractivity contribution is 6.18. The van der Waals surface area contributed by atoms with Gasteiger partial charge in [-0.25, -0.2) is 0 Å². The maximum atomic E-state index is 2.56. The van der Waals surface area contributed by atoms with Crippen LogP contribution < -0.4 is 0 Å². The molecule has 0 bridgehead atoms. The summed E-state index contributed by atoms with van der Waals surface area (Å²) in [5.41, 5.74) is 16.0. The molecule has 0 unspecified atom stereocenters. The van der Waals surface area contributed by atoms with Crippen LogP contribution >= 0.6 is 0 Å². The summed E-state index contributed by atoms with van der Waals surface area (Å²) in [7, 11) is 0. The summed E-state index contributed by atoms with van der Waals surface area (Å²) in [5, 5.41) is 2.71. The molecule has 0 atom stereocenters. The van der Waals surface area contributed by atoms with Gasteiger partial charge < -0.3 is 4.57 Å². The molecule has 49 heavy (non-hydrogen) atoms. The standard InChI is InChI=1S/C48H57N/c1-14-38-39(31-19-16-15-17-20-31)23-24-42-43(38)44-40(32-25-33(45(2,3)4)27-34(26-32)46(5,6)7)21-18-22-41(44)49(42)37-29-35(47(8,9)10)28-36(30-37)48(11,12)13/h15-30H,14H2,1-13H3. The van der Waals surface area contributed by atoms with E-state index in [1.54, 1.807) is 0 Å². The summed E-state index contributed by atoms with van der Waals surface area (Å²) < 4.78 is 2.56. The number of benzene rings is 5. The molecule has 0 N–H and O–H groups in total. The van der Waals surface area contributed by atoms with Crippen molar-refractivity contribution >= 4 is 21.8 Å². The second kappa shape index (κ2) is 12.0. The summed E-state index contributed by atoms with van der Waals surface area (Å²) in [5.74, 6) is 0. The van der Waals surface area contributed by atoms with Crippen molar-refractivity contribution in [3.8, 4) is 27.9 Å². The van der Waals surface area contributed by atoms with Gasteiger partial charge in [-0.1, -0.05) is 163 Å². The molecule has 0 aliphatic carbocycles. The van der Waals surface area contributed by atoms with Gasteiger partial charge in [0, 0.05) is 16.5 Å². The van der Waals surface area contributed by atoms with Crippen LogP contribution in [0.3, 0.4) is 0 Å². The Kier molecular flexibility index (Phi) is 8.54. The van der Waals surface area contributed by atoms with Crippen LogP contribution in [0.25, 0.3) is 49.7 Å². The summed E-state index contributed by atoms with van der Waals surface area (Å²) in [6, 6.07) is 37.3. The fourth-order valence-electron chi connectivity index (χ4n) is 7.25. The van der Waals surface area contributed by atoms with Crippen LogP contribution in [-0.4, -0.2) is 4.57 Å². The number of fused-ring (bicyclic) bond motifs is 3. The molecule has 1 heteroatoms. The van der Waals surface area contributed by atoms with Crippen LogP contribution in [0, 0.1) is 0 Å². The predicted molar refractivity (Wildman–Crippen MR) is 216 cm³/mol. The number of aryl methyl sites for hydroxylation is 1. The average Bonchev–Trinajstić information content (AvgIpc) is 3.37. The van der Waals surface area contributed by atoms with Crippen molar-refractivity contribution in [1.29, 1.82) is 0 Å². The second-order valence-electron chi connectivity index (χ2n) is 18.3. The lowest BCUT2D eigenvalue weighted by Gasteiger charge is -2.27. The van der Waals surface area contributed by atoms with Crippen LogP contribution in [0.4, 0.5) is 0 Å². The Labute approximate surface area is 296 Å². The average molecular weight is 648 g/mol. The van der Waals surface area contributed by atoms with E-state index in [9.17, 15) is 0 Å². The Morgan fingerprint density at radius 1 is 0.429 bits per heavy atom. The Bertz CT molecular complexity index is 2100. The van der Waals surface area contributed by atoms with Gasteiger partial charge in [0.15, 0.2) is 0 Å². The fraction of sp³-hybridized carbons (Fsp3) is 0.375. The SMILES string of the molecule is CCc1c(-c2ccccc2)ccc2c1c1c(-c3cc(C(C)(C)C)cc(C(C)(C)C)c3)cccc1n2-c1cc(C(C)(C)C)cc(C(C)(C)C)c1. The van der Waals surface area contributed by atoms with E-state index in [1.165, 1.54) is 77.6 Å². The lowest BCUT2D eigenvalue weighted by molar-refractivity contribution is 0.567. The lowest BCUT2D eigenvalue weighted by Crippen LogP contribution is -2.17. The molecule has 0 amide bonds. The molecule has 0 aliphatic heterocycles. The van der Waals surface area contributed by atoms with Gasteiger partial charge in [0.2, 0.25) is 0 Å². The maximum absolute atomic E-state index is 2.56. The first kappa shape index (κ1) is 34.8. The molecular weight excluding hydrogens is 591 g/mol. The Balaban J connectivity index is 1.82. The molecule has 0 spiro atoms. The topological polar surface area (TPSA) is 4.93 Å². The molecule has 6 aromatic rings. The first-order chi connectivity index (χ1) is 22.8. The van der Waals surface area contributed by atoms with Gasteiger partial charge in [-0.2, -0.15) is 0 Å². The summed E-state index contributed by atoms with van der Waals surface area (Å²) in [4.78, 5) is 0. The van der Waals surface area contributed by atoms with Crippen molar-refractivity contribution in [3.63, 3.8) is 0 Å². The Morgan fingerprint density at radius 3 is 1.41 bits per heavy atom. The third-order valence-electron chi connectivity index (χ3n) is 10.4. The van der Waals surface area contributed by atoms with Gasteiger partial charge in [-0.05, 0) is 102 Å². The van der Waals surface area contributed by atoms with E-state index >= 15 is 0 Å². The van der Waals surface area contributed by atoms with Crippen LogP contribution in [0.1, 0.15) is 118 Å². The fourth-order valence-corrected chi connectivity index (χ4v) is 7.25. The third-order valence-corrected chi connectivity index (χ3v) is 10.4. The van der Waals surface area contributed by atoms with Gasteiger partial charge >= 0.3 is 0 Å². The maximum Gasteiger partial charge on any atom is 0.0547 e. The van der Waals surface area contributed by atoms with Crippen LogP contribution in [0.5, 0.6) is 0 Å². The van der Waals surface area contributed by atoms with E-state index in [0.717, 1.165) is 6.42 Å². The highest BCUT2D eigenvalue weighted by Crippen LogP contribution is 2.45. The molecule has 6 rings (SSSR count). The molecule has 0 saturated heterocycles. The minimum Gasteiger partial charge on any atom is -0.309 e. The van der Waals surface area contributed by atoms with E-state index in [-0.39, 0.29) is 21.7 Å². The van der Waals surface area contributed by atoms with E-state index < -0.39 is 0 Å². The quantitative estimate of drug-likeness (QED) is 0.179. The largest absolute Gasteiger partial charge is 0.309 e. The molecule has 1 nitrogen and oxygen atoms in total. The Morgan fingerprint density at radius 2 is 0.918 bits per heavy atom. The van der Waals surface area contributed by atoms with Crippen molar-refractivity contribution in [2.24, 2.45) is 0 Å². The first-order valence-electron chi connectivity index (χ1n) is 18.3. The molecular formula is C48H57N. The lowest BCUT2D eigenvalue weighted by atomic mass is 9.78. The molecule has 0 saturated carbocycles. The highest BCUT2D eigenvalue weighted by atomic mass is 15.0. The summed E-state index contributed by atoms with van der Waals surface area (Å²) in [6.45, 7) is 30.3. The van der Waals surface area contributed by atoms with Crippen LogP contribution in [0.15, 0.2) is 97.1 Å². The molecule has 0 aliphatic rings. The summed E-state index contributed by atoms with van der Waals surface area (Å²) in [6.07, 6.45) is 0.944. The zero-order valence-electron chi connectivity index (χ0n) is 32.4. The monoisotopic (exact) mass is 647 g/mol. The molecule has 0 fully saturated rings. The van der Waals surface area contributed by atoms with E-state index in [1.807, 2.05) is 0 Å². The molecule has 5 aromatic carbocycles. The minimum absolute atomic E-state index is 0.0196. The van der Waals surface area contributed by atoms with E-state index in [2.05, 4.69) is 192 Å². The number of nitrogens with zero attached hydrogens (tertiary/aromatic N) is 1. The van der Waals surface area contributed by atoms with Crippen molar-refractivity contribution in [3.05, 3.63) is 125 Å². The van der Waals surface area contributed by atoms with Crippen LogP contribution in [-0.2, 0) is 28.1 Å². The van der Waals surface area contributed by atoms with Gasteiger partial charge in [-0.15, -0.1) is 0 Å². The number of rotatable bonds is 4. The number of hydrogen-bond acceptors (Lipinski definition) is 0. The predicted octanol–water partition coefficient (Wildman–Crippen LogP) is 13.9. The zero-order valence-corrected chi connectivity index (χ0v) is 32.4. The van der Waals surface area contributed by atoms with Crippen molar-refractivity contribution in [1.82, 2.24) is 4.57 Å². The first-order valence-corrected chi connectivity index (χ1v) is 18.3. The molecule has 1 heterocycles. The zero-order chi connectivity index (χ0) is 35.7. The normalized spacial score (nSPS) is 13.1. The minimum atomic E-state index is 0.0196. The van der Waals surface area contributed by atoms with Gasteiger partial charge in [0.1, 0.15) is 0 Å². The number of aromatic nitrogens is 1. The van der Waals surface area contributed by atoms with E-state index in [4.69, 9.17) is 0 Å². The second-order valence-corrected chi connectivity index (χ2v) is 18.3. The van der Waals surface area contributed by atoms with Crippen LogP contribution in [0.2, 0.25) is 0 Å². The molecule has 1 aromatic heterocycles. The van der Waals surface area contributed by atoms with Crippen molar-refractivity contribution in [2.75, 3.05) is 0 Å². The van der Waals surface area contributed by atoms with Gasteiger partial charge in [0.05, 0.1) is 11.0 Å². The smallest absolute Gasteiger partial charge is 0.0547 e. The molecule has 254 valence electrons. The van der Waals surface area contributed by atoms with Crippen molar-refractivity contribution in [2.45, 2.75) is 118 Å². The number of hydrogen-bond donors (Lipinski definition) is 0. The Hall–Kier alpha value is -4.10. The van der Waals surface area contributed by atoms with Gasteiger partial charge in [0.25, 0.3) is 0 Å². The summed E-state index contributed by atoms with van der Waals surface area (Å²) >= 11 is 0. The van der Waals surface area contributed by atoms with Gasteiger partial charge in [-0.3, -0.25) is 0 Å². The molecule has 0 radical (unpaired) electrons. The van der Waals surface area contributed by atoms with E-state index in [0.29, 0.717) is 0 Å². The third kappa shape index (κ3) is 6.50.